The van der Waals surface area contributed by atoms with Crippen molar-refractivity contribution in [2.75, 3.05) is 18.5 Å². The van der Waals surface area contributed by atoms with Gasteiger partial charge in [0.15, 0.2) is 0 Å². The molecule has 0 unspecified atom stereocenters. The number of aromatic nitrogens is 2. The van der Waals surface area contributed by atoms with Crippen LogP contribution in [-0.2, 0) is 5.88 Å². The third-order valence-corrected chi connectivity index (χ3v) is 1.97. The van der Waals surface area contributed by atoms with E-state index < -0.39 is 0 Å². The third-order valence-electron chi connectivity index (χ3n) is 1.74. The highest BCUT2D eigenvalue weighted by Gasteiger charge is 2.08. The Balaban J connectivity index is 2.50. The van der Waals surface area contributed by atoms with Crippen LogP contribution in [0.3, 0.4) is 0 Å². The molecule has 5 heteroatoms. The molecule has 0 atom stereocenters. The van der Waals surface area contributed by atoms with Gasteiger partial charge in [-0.05, 0) is 6.42 Å². The average molecular weight is 204 g/mol. The number of alkyl halides is 1. The fourth-order valence-electron chi connectivity index (χ4n) is 0.944. The zero-order chi connectivity index (χ0) is 9.68. The van der Waals surface area contributed by atoms with Crippen LogP contribution in [0.4, 0.5) is 6.01 Å². The molecular weight excluding hydrogens is 190 g/mol. The summed E-state index contributed by atoms with van der Waals surface area (Å²) in [4.78, 5) is 1.94. The van der Waals surface area contributed by atoms with E-state index in [1.807, 2.05) is 11.9 Å². The van der Waals surface area contributed by atoms with Gasteiger partial charge in [0.25, 0.3) is 0 Å². The summed E-state index contributed by atoms with van der Waals surface area (Å²) in [6.07, 6.45) is 2.27. The molecule has 0 saturated heterocycles. The van der Waals surface area contributed by atoms with Crippen LogP contribution in [0.5, 0.6) is 0 Å². The first kappa shape index (κ1) is 10.3. The molecule has 4 nitrogen and oxygen atoms in total. The first-order chi connectivity index (χ1) is 6.27. The Morgan fingerprint density at radius 2 is 2.23 bits per heavy atom. The minimum Gasteiger partial charge on any atom is -0.407 e. The van der Waals surface area contributed by atoms with Gasteiger partial charge in [0.2, 0.25) is 5.89 Å². The molecule has 0 aliphatic heterocycles. The second-order valence-corrected chi connectivity index (χ2v) is 3.15. The zero-order valence-electron chi connectivity index (χ0n) is 7.96. The molecule has 0 N–H and O–H groups in total. The van der Waals surface area contributed by atoms with Gasteiger partial charge in [-0.25, -0.2) is 0 Å². The van der Waals surface area contributed by atoms with Gasteiger partial charge in [-0.2, -0.15) is 0 Å². The molecular formula is C8H14ClN3O. The van der Waals surface area contributed by atoms with Gasteiger partial charge in [-0.1, -0.05) is 18.4 Å². The predicted octanol–water partition coefficient (Wildman–Crippen LogP) is 2.04. The van der Waals surface area contributed by atoms with Crippen LogP contribution in [0.2, 0.25) is 0 Å². The first-order valence-electron chi connectivity index (χ1n) is 4.37. The van der Waals surface area contributed by atoms with Crippen molar-refractivity contribution in [3.8, 4) is 0 Å². The summed E-state index contributed by atoms with van der Waals surface area (Å²) in [5.41, 5.74) is 0. The van der Waals surface area contributed by atoms with Gasteiger partial charge in [-0.15, -0.1) is 16.7 Å². The molecule has 74 valence electrons. The highest BCUT2D eigenvalue weighted by Crippen LogP contribution is 2.11. The Morgan fingerprint density at radius 3 is 2.77 bits per heavy atom. The van der Waals surface area contributed by atoms with Gasteiger partial charge in [0.05, 0.1) is 0 Å². The maximum Gasteiger partial charge on any atom is 0.317 e. The smallest absolute Gasteiger partial charge is 0.317 e. The number of anilines is 1. The van der Waals surface area contributed by atoms with Crippen molar-refractivity contribution in [1.82, 2.24) is 10.2 Å². The molecule has 0 aliphatic rings. The monoisotopic (exact) mass is 203 g/mol. The highest BCUT2D eigenvalue weighted by atomic mass is 35.5. The van der Waals surface area contributed by atoms with Gasteiger partial charge in [-0.3, -0.25) is 0 Å². The van der Waals surface area contributed by atoms with Gasteiger partial charge in [0.1, 0.15) is 5.88 Å². The molecule has 0 fully saturated rings. The lowest BCUT2D eigenvalue weighted by molar-refractivity contribution is 0.505. The lowest BCUT2D eigenvalue weighted by Crippen LogP contribution is -2.18. The molecule has 1 heterocycles. The average Bonchev–Trinajstić information content (AvgIpc) is 2.62. The van der Waals surface area contributed by atoms with Crippen molar-refractivity contribution in [1.29, 1.82) is 0 Å². The van der Waals surface area contributed by atoms with Crippen molar-refractivity contribution in [3.63, 3.8) is 0 Å². The van der Waals surface area contributed by atoms with Crippen LogP contribution >= 0.6 is 11.6 Å². The number of halogens is 1. The van der Waals surface area contributed by atoms with Gasteiger partial charge < -0.3 is 9.32 Å². The van der Waals surface area contributed by atoms with Crippen LogP contribution in [0.25, 0.3) is 0 Å². The minimum absolute atomic E-state index is 0.272. The maximum absolute atomic E-state index is 5.53. The maximum atomic E-state index is 5.53. The number of rotatable bonds is 5. The van der Waals surface area contributed by atoms with Crippen molar-refractivity contribution < 1.29 is 4.42 Å². The molecule has 1 rings (SSSR count). The summed E-state index contributed by atoms with van der Waals surface area (Å²) in [6, 6.07) is 0.545. The standard InChI is InChI=1S/C8H14ClN3O/c1-3-4-5-12(2)8-11-10-7(6-9)13-8/h3-6H2,1-2H3. The lowest BCUT2D eigenvalue weighted by atomic mass is 10.3. The molecule has 0 spiro atoms. The SMILES string of the molecule is CCCCN(C)c1nnc(CCl)o1. The van der Waals surface area contributed by atoms with Crippen molar-refractivity contribution in [2.45, 2.75) is 25.6 Å². The lowest BCUT2D eigenvalue weighted by Gasteiger charge is -2.12. The molecule has 1 aromatic rings. The predicted molar refractivity (Wildman–Crippen MR) is 52.0 cm³/mol. The van der Waals surface area contributed by atoms with Crippen LogP contribution in [0, 0.1) is 0 Å². The molecule has 13 heavy (non-hydrogen) atoms. The van der Waals surface area contributed by atoms with E-state index in [9.17, 15) is 0 Å². The number of hydrogen-bond acceptors (Lipinski definition) is 4. The number of unbranched alkanes of at least 4 members (excludes halogenated alkanes) is 1. The van der Waals surface area contributed by atoms with E-state index in [1.165, 1.54) is 0 Å². The second-order valence-electron chi connectivity index (χ2n) is 2.89. The normalized spacial score (nSPS) is 10.4. The van der Waals surface area contributed by atoms with E-state index in [-0.39, 0.29) is 5.88 Å². The molecule has 0 saturated carbocycles. The van der Waals surface area contributed by atoms with Gasteiger partial charge >= 0.3 is 6.01 Å². The summed E-state index contributed by atoms with van der Waals surface area (Å²) in [5, 5.41) is 7.64. The highest BCUT2D eigenvalue weighted by molar-refractivity contribution is 6.16. The molecule has 0 aliphatic carbocycles. The Bertz CT molecular complexity index is 251. The quantitative estimate of drug-likeness (QED) is 0.687. The van der Waals surface area contributed by atoms with E-state index >= 15 is 0 Å². The Morgan fingerprint density at radius 1 is 1.46 bits per heavy atom. The number of hydrogen-bond donors (Lipinski definition) is 0. The van der Waals surface area contributed by atoms with E-state index in [4.69, 9.17) is 16.0 Å². The molecule has 1 aromatic heterocycles. The minimum atomic E-state index is 0.272. The largest absolute Gasteiger partial charge is 0.407 e. The summed E-state index contributed by atoms with van der Waals surface area (Å²) >= 11 is 5.53. The van der Waals surface area contributed by atoms with Crippen LogP contribution < -0.4 is 4.90 Å². The van der Waals surface area contributed by atoms with Crippen molar-refractivity contribution >= 4 is 17.6 Å². The van der Waals surface area contributed by atoms with E-state index in [2.05, 4.69) is 17.1 Å². The Hall–Kier alpha value is -0.770. The van der Waals surface area contributed by atoms with E-state index in [0.29, 0.717) is 11.9 Å². The topological polar surface area (TPSA) is 42.2 Å². The second kappa shape index (κ2) is 5.07. The van der Waals surface area contributed by atoms with E-state index in [1.54, 1.807) is 0 Å². The van der Waals surface area contributed by atoms with Crippen LogP contribution in [0.1, 0.15) is 25.7 Å². The fourth-order valence-corrected chi connectivity index (χ4v) is 1.05. The van der Waals surface area contributed by atoms with Gasteiger partial charge in [0, 0.05) is 13.6 Å². The summed E-state index contributed by atoms with van der Waals surface area (Å²) in [5.74, 6) is 0.745. The Labute approximate surface area is 82.9 Å². The number of nitrogens with zero attached hydrogens (tertiary/aromatic N) is 3. The first-order valence-corrected chi connectivity index (χ1v) is 4.90. The Kier molecular flexibility index (Phi) is 4.02. The summed E-state index contributed by atoms with van der Waals surface area (Å²) in [7, 11) is 1.93. The fraction of sp³-hybridized carbons (Fsp3) is 0.750. The van der Waals surface area contributed by atoms with Crippen LogP contribution in [-0.4, -0.2) is 23.8 Å². The zero-order valence-corrected chi connectivity index (χ0v) is 8.71. The van der Waals surface area contributed by atoms with Crippen molar-refractivity contribution in [2.24, 2.45) is 0 Å². The molecule has 0 aromatic carbocycles. The molecule has 0 radical (unpaired) electrons. The summed E-state index contributed by atoms with van der Waals surface area (Å²) in [6.45, 7) is 3.08. The third kappa shape index (κ3) is 2.88. The van der Waals surface area contributed by atoms with E-state index in [0.717, 1.165) is 19.4 Å². The van der Waals surface area contributed by atoms with Crippen LogP contribution in [0.15, 0.2) is 4.42 Å². The van der Waals surface area contributed by atoms with Crippen molar-refractivity contribution in [3.05, 3.63) is 5.89 Å². The molecule has 0 bridgehead atoms. The summed E-state index contributed by atoms with van der Waals surface area (Å²) < 4.78 is 5.26. The molecule has 0 amide bonds.